The highest BCUT2D eigenvalue weighted by Gasteiger charge is 2.09. The third kappa shape index (κ3) is 2.30. The van der Waals surface area contributed by atoms with Gasteiger partial charge in [0.15, 0.2) is 5.76 Å². The Kier molecular flexibility index (Phi) is 3.25. The lowest BCUT2D eigenvalue weighted by Crippen LogP contribution is -2.16. The fraction of sp³-hybridized carbons (Fsp3) is 0.0833. The molecule has 0 aliphatic rings. The molecule has 0 fully saturated rings. The predicted octanol–water partition coefficient (Wildman–Crippen LogP) is 1.50. The van der Waals surface area contributed by atoms with Crippen LogP contribution < -0.4 is 5.43 Å². The van der Waals surface area contributed by atoms with Crippen LogP contribution in [0.4, 0.5) is 0 Å². The molecule has 0 unspecified atom stereocenters. The molecule has 0 aliphatic heterocycles. The minimum atomic E-state index is -0.506. The van der Waals surface area contributed by atoms with Crippen molar-refractivity contribution in [3.8, 4) is 12.0 Å². The third-order valence-corrected chi connectivity index (χ3v) is 2.24. The molecule has 90 valence electrons. The third-order valence-electron chi connectivity index (χ3n) is 2.24. The van der Waals surface area contributed by atoms with Crippen molar-refractivity contribution in [3.63, 3.8) is 0 Å². The molecule has 1 amide bonds. The number of rotatable bonds is 3. The monoisotopic (exact) mass is 243 g/mol. The summed E-state index contributed by atoms with van der Waals surface area (Å²) in [6.45, 7) is 0. The van der Waals surface area contributed by atoms with Gasteiger partial charge in [0.1, 0.15) is 6.42 Å². The summed E-state index contributed by atoms with van der Waals surface area (Å²) in [5.41, 5.74) is 2.17. The van der Waals surface area contributed by atoms with Crippen molar-refractivity contribution in [2.45, 2.75) is 6.42 Å². The van der Waals surface area contributed by atoms with E-state index < -0.39 is 5.91 Å². The highest BCUT2D eigenvalue weighted by molar-refractivity contribution is 6.00. The van der Waals surface area contributed by atoms with E-state index in [4.69, 9.17) is 9.68 Å². The average molecular weight is 243 g/mol. The molecule has 0 spiro atoms. The van der Waals surface area contributed by atoms with Crippen molar-refractivity contribution in [2.24, 2.45) is 5.10 Å². The van der Waals surface area contributed by atoms with Gasteiger partial charge in [-0.2, -0.15) is 10.4 Å². The van der Waals surface area contributed by atoms with Crippen molar-refractivity contribution in [1.82, 2.24) is 5.43 Å². The molecule has 0 atom stereocenters. The van der Waals surface area contributed by atoms with Crippen molar-refractivity contribution >= 4 is 22.9 Å². The number of nitriles is 1. The second-order valence-electron chi connectivity index (χ2n) is 3.45. The molecule has 0 aliphatic carbocycles. The van der Waals surface area contributed by atoms with Gasteiger partial charge in [-0.05, 0) is 6.07 Å². The summed E-state index contributed by atoms with van der Waals surface area (Å²) in [7, 11) is 0. The van der Waals surface area contributed by atoms with Crippen LogP contribution in [-0.2, 0) is 4.79 Å². The first-order chi connectivity index (χ1) is 8.72. The second-order valence-corrected chi connectivity index (χ2v) is 3.45. The Balaban J connectivity index is 2.20. The van der Waals surface area contributed by atoms with Gasteiger partial charge in [-0.25, -0.2) is 5.43 Å². The number of aromatic hydroxyl groups is 1. The maximum absolute atomic E-state index is 11.0. The molecule has 18 heavy (non-hydrogen) atoms. The van der Waals surface area contributed by atoms with E-state index >= 15 is 0 Å². The van der Waals surface area contributed by atoms with Gasteiger partial charge in [-0.3, -0.25) is 4.79 Å². The van der Waals surface area contributed by atoms with E-state index in [0.29, 0.717) is 16.5 Å². The Bertz CT molecular complexity index is 652. The molecule has 0 saturated heterocycles. The molecule has 6 heteroatoms. The lowest BCUT2D eigenvalue weighted by molar-refractivity contribution is -0.120. The summed E-state index contributed by atoms with van der Waals surface area (Å²) >= 11 is 0. The molecule has 0 saturated carbocycles. The normalized spacial score (nSPS) is 10.6. The SMILES string of the molecule is N#CCC(=O)N/N=C/c1oc(O)c2ccccc12. The van der Waals surface area contributed by atoms with Crippen LogP contribution in [0.1, 0.15) is 12.2 Å². The number of nitrogens with one attached hydrogen (secondary N) is 1. The Morgan fingerprint density at radius 1 is 1.50 bits per heavy atom. The Hall–Kier alpha value is -2.81. The Morgan fingerprint density at radius 3 is 2.94 bits per heavy atom. The van der Waals surface area contributed by atoms with Crippen LogP contribution in [-0.4, -0.2) is 17.2 Å². The summed E-state index contributed by atoms with van der Waals surface area (Å²) in [4.78, 5) is 11.0. The van der Waals surface area contributed by atoms with Crippen molar-refractivity contribution in [2.75, 3.05) is 0 Å². The zero-order valence-electron chi connectivity index (χ0n) is 9.25. The van der Waals surface area contributed by atoms with Crippen LogP contribution >= 0.6 is 0 Å². The molecule has 2 N–H and O–H groups in total. The van der Waals surface area contributed by atoms with Crippen LogP contribution in [0.15, 0.2) is 33.8 Å². The van der Waals surface area contributed by atoms with Crippen LogP contribution in [0.2, 0.25) is 0 Å². The quantitative estimate of drug-likeness (QED) is 0.630. The highest BCUT2D eigenvalue weighted by Crippen LogP contribution is 2.29. The van der Waals surface area contributed by atoms with E-state index in [1.807, 2.05) is 0 Å². The van der Waals surface area contributed by atoms with E-state index in [1.165, 1.54) is 6.21 Å². The molecule has 0 radical (unpaired) electrons. The van der Waals surface area contributed by atoms with Crippen LogP contribution in [0.3, 0.4) is 0 Å². The molecule has 1 aromatic heterocycles. The first kappa shape index (κ1) is 11.7. The second kappa shape index (κ2) is 5.01. The van der Waals surface area contributed by atoms with E-state index in [9.17, 15) is 9.90 Å². The number of carbonyl (C=O) groups excluding carboxylic acids is 1. The number of hydrazone groups is 1. The summed E-state index contributed by atoms with van der Waals surface area (Å²) in [6.07, 6.45) is 1.01. The summed E-state index contributed by atoms with van der Waals surface area (Å²) < 4.78 is 5.10. The van der Waals surface area contributed by atoms with E-state index in [1.54, 1.807) is 30.3 Å². The average Bonchev–Trinajstić information content (AvgIpc) is 2.68. The standard InChI is InChI=1S/C12H9N3O3/c13-6-5-11(16)15-14-7-10-8-3-1-2-4-9(8)12(17)18-10/h1-4,7,17H,5H2,(H,15,16)/b14-7+. The number of furan rings is 1. The number of nitrogens with zero attached hydrogens (tertiary/aromatic N) is 2. The lowest BCUT2D eigenvalue weighted by atomic mass is 10.2. The van der Waals surface area contributed by atoms with Crippen molar-refractivity contribution in [3.05, 3.63) is 30.0 Å². The van der Waals surface area contributed by atoms with Crippen molar-refractivity contribution in [1.29, 1.82) is 5.26 Å². The molecule has 1 aromatic carbocycles. The first-order valence-corrected chi connectivity index (χ1v) is 5.11. The molecule has 2 rings (SSSR count). The Labute approximate surface area is 102 Å². The Morgan fingerprint density at radius 2 is 2.22 bits per heavy atom. The number of fused-ring (bicyclic) bond motifs is 1. The number of benzene rings is 1. The predicted molar refractivity (Wildman–Crippen MR) is 63.8 cm³/mol. The molecule has 2 aromatic rings. The van der Waals surface area contributed by atoms with Gasteiger partial charge in [-0.15, -0.1) is 0 Å². The zero-order valence-corrected chi connectivity index (χ0v) is 9.25. The minimum absolute atomic E-state index is 0.199. The van der Waals surface area contributed by atoms with Gasteiger partial charge in [-0.1, -0.05) is 18.2 Å². The van der Waals surface area contributed by atoms with Gasteiger partial charge >= 0.3 is 0 Å². The summed E-state index contributed by atoms with van der Waals surface area (Å²) in [5.74, 6) is -0.371. The van der Waals surface area contributed by atoms with Gasteiger partial charge in [0.05, 0.1) is 17.7 Å². The highest BCUT2D eigenvalue weighted by atomic mass is 16.5. The largest absolute Gasteiger partial charge is 0.480 e. The molecule has 0 bridgehead atoms. The summed E-state index contributed by atoms with van der Waals surface area (Å²) in [5, 5.41) is 22.7. The van der Waals surface area contributed by atoms with Gasteiger partial charge < -0.3 is 9.52 Å². The number of carbonyl (C=O) groups is 1. The summed E-state index contributed by atoms with van der Waals surface area (Å²) in [6, 6.07) is 8.74. The van der Waals surface area contributed by atoms with Crippen LogP contribution in [0.25, 0.3) is 10.8 Å². The molecular weight excluding hydrogens is 234 g/mol. The van der Waals surface area contributed by atoms with Crippen molar-refractivity contribution < 1.29 is 14.3 Å². The number of hydrogen-bond acceptors (Lipinski definition) is 5. The first-order valence-electron chi connectivity index (χ1n) is 5.11. The number of amides is 1. The fourth-order valence-electron chi connectivity index (χ4n) is 1.47. The van der Waals surface area contributed by atoms with Gasteiger partial charge in [0.25, 0.3) is 11.9 Å². The van der Waals surface area contributed by atoms with Crippen LogP contribution in [0, 0.1) is 11.3 Å². The molecule has 1 heterocycles. The van der Waals surface area contributed by atoms with E-state index in [0.717, 1.165) is 0 Å². The van der Waals surface area contributed by atoms with Gasteiger partial charge in [0, 0.05) is 5.39 Å². The number of hydrogen-bond donors (Lipinski definition) is 2. The maximum Gasteiger partial charge on any atom is 0.290 e. The van der Waals surface area contributed by atoms with E-state index in [2.05, 4.69) is 10.5 Å². The zero-order chi connectivity index (χ0) is 13.0. The topological polar surface area (TPSA) is 98.6 Å². The lowest BCUT2D eigenvalue weighted by Gasteiger charge is -1.92. The molecule has 6 nitrogen and oxygen atoms in total. The smallest absolute Gasteiger partial charge is 0.290 e. The van der Waals surface area contributed by atoms with Crippen LogP contribution in [0.5, 0.6) is 5.95 Å². The fourth-order valence-corrected chi connectivity index (χ4v) is 1.47. The van der Waals surface area contributed by atoms with E-state index in [-0.39, 0.29) is 12.4 Å². The molecular formula is C12H9N3O3. The maximum atomic E-state index is 11.0. The van der Waals surface area contributed by atoms with Gasteiger partial charge in [0.2, 0.25) is 0 Å². The minimum Gasteiger partial charge on any atom is -0.480 e.